The molecule has 0 saturated carbocycles. The molecular weight excluding hydrogens is 204 g/mol. The summed E-state index contributed by atoms with van der Waals surface area (Å²) in [6.07, 6.45) is 5.90. The maximum Gasteiger partial charge on any atom is 0.223 e. The summed E-state index contributed by atoms with van der Waals surface area (Å²) in [5.74, 6) is -0.456. The largest absolute Gasteiger partial charge is 0.370 e. The Kier molecular flexibility index (Phi) is 6.77. The zero-order valence-corrected chi connectivity index (χ0v) is 10.4. The van der Waals surface area contributed by atoms with Crippen LogP contribution in [0.4, 0.5) is 0 Å². The molecule has 0 rings (SSSR count). The zero-order valence-electron chi connectivity index (χ0n) is 10.4. The summed E-state index contributed by atoms with van der Waals surface area (Å²) in [4.78, 5) is 21.7. The number of hydrogen-bond donors (Lipinski definition) is 2. The van der Waals surface area contributed by atoms with Crippen molar-refractivity contribution in [2.45, 2.75) is 58.8 Å². The standard InChI is InChI=1S/C12H24N2O2/c1-3-12(2,11(14)16)9-7-5-4-6-8-10(13)15/h3-9H2,1-2H3,(H2,13,15)(H2,14,16). The number of unbranched alkanes of at least 4 members (excludes halogenated alkanes) is 3. The monoisotopic (exact) mass is 228 g/mol. The summed E-state index contributed by atoms with van der Waals surface area (Å²) in [5.41, 5.74) is 10.0. The lowest BCUT2D eigenvalue weighted by molar-refractivity contribution is -0.127. The normalized spacial score (nSPS) is 14.4. The van der Waals surface area contributed by atoms with E-state index in [-0.39, 0.29) is 17.2 Å². The van der Waals surface area contributed by atoms with E-state index in [9.17, 15) is 9.59 Å². The number of carbonyl (C=O) groups excluding carboxylic acids is 2. The molecule has 4 nitrogen and oxygen atoms in total. The number of primary amides is 2. The van der Waals surface area contributed by atoms with Crippen molar-refractivity contribution in [1.82, 2.24) is 0 Å². The van der Waals surface area contributed by atoms with Gasteiger partial charge in [0.25, 0.3) is 0 Å². The van der Waals surface area contributed by atoms with Crippen LogP contribution < -0.4 is 11.5 Å². The number of amides is 2. The molecule has 0 aromatic rings. The van der Waals surface area contributed by atoms with E-state index in [1.165, 1.54) is 0 Å². The topological polar surface area (TPSA) is 86.2 Å². The molecule has 1 atom stereocenters. The highest BCUT2D eigenvalue weighted by atomic mass is 16.1. The molecule has 0 saturated heterocycles. The van der Waals surface area contributed by atoms with Crippen molar-refractivity contribution in [3.63, 3.8) is 0 Å². The number of hydrogen-bond acceptors (Lipinski definition) is 2. The van der Waals surface area contributed by atoms with E-state index in [2.05, 4.69) is 0 Å². The summed E-state index contributed by atoms with van der Waals surface area (Å²) in [6.45, 7) is 3.90. The molecule has 0 aromatic carbocycles. The first-order chi connectivity index (χ1) is 7.42. The van der Waals surface area contributed by atoms with Crippen molar-refractivity contribution in [2.24, 2.45) is 16.9 Å². The fourth-order valence-electron chi connectivity index (χ4n) is 1.64. The van der Waals surface area contributed by atoms with Gasteiger partial charge in [0, 0.05) is 11.8 Å². The van der Waals surface area contributed by atoms with Crippen LogP contribution in [0.5, 0.6) is 0 Å². The molecular formula is C12H24N2O2. The van der Waals surface area contributed by atoms with Gasteiger partial charge >= 0.3 is 0 Å². The molecule has 0 aliphatic rings. The average Bonchev–Trinajstić information content (AvgIpc) is 2.22. The SMILES string of the molecule is CCC(C)(CCCCCCC(N)=O)C(N)=O. The van der Waals surface area contributed by atoms with Crippen LogP contribution in [0.3, 0.4) is 0 Å². The van der Waals surface area contributed by atoms with Crippen LogP contribution in [0, 0.1) is 5.41 Å². The molecule has 16 heavy (non-hydrogen) atoms. The van der Waals surface area contributed by atoms with Gasteiger partial charge in [-0.2, -0.15) is 0 Å². The molecule has 94 valence electrons. The van der Waals surface area contributed by atoms with Crippen molar-refractivity contribution in [2.75, 3.05) is 0 Å². The van der Waals surface area contributed by atoms with Gasteiger partial charge in [-0.1, -0.05) is 33.1 Å². The molecule has 0 spiro atoms. The second kappa shape index (κ2) is 7.25. The van der Waals surface area contributed by atoms with Crippen molar-refractivity contribution >= 4 is 11.8 Å². The molecule has 2 amide bonds. The van der Waals surface area contributed by atoms with E-state index in [0.717, 1.165) is 38.5 Å². The third kappa shape index (κ3) is 5.73. The van der Waals surface area contributed by atoms with Gasteiger partial charge in [-0.05, 0) is 19.3 Å². The first kappa shape index (κ1) is 14.9. The molecule has 1 unspecified atom stereocenters. The number of nitrogens with two attached hydrogens (primary N) is 2. The van der Waals surface area contributed by atoms with Crippen LogP contribution in [-0.4, -0.2) is 11.8 Å². The molecule has 0 aliphatic carbocycles. The summed E-state index contributed by atoms with van der Waals surface area (Å²) >= 11 is 0. The van der Waals surface area contributed by atoms with Gasteiger partial charge in [-0.3, -0.25) is 9.59 Å². The van der Waals surface area contributed by atoms with Crippen molar-refractivity contribution < 1.29 is 9.59 Å². The predicted octanol–water partition coefficient (Wildman–Crippen LogP) is 1.71. The van der Waals surface area contributed by atoms with Crippen LogP contribution in [-0.2, 0) is 9.59 Å². The molecule has 0 bridgehead atoms. The maximum absolute atomic E-state index is 11.2. The number of carbonyl (C=O) groups is 2. The molecule has 4 heteroatoms. The molecule has 0 aromatic heterocycles. The van der Waals surface area contributed by atoms with Crippen molar-refractivity contribution in [3.8, 4) is 0 Å². The van der Waals surface area contributed by atoms with Gasteiger partial charge in [-0.25, -0.2) is 0 Å². The minimum atomic E-state index is -0.371. The Labute approximate surface area is 97.8 Å². The lowest BCUT2D eigenvalue weighted by atomic mass is 9.81. The van der Waals surface area contributed by atoms with Gasteiger partial charge < -0.3 is 11.5 Å². The van der Waals surface area contributed by atoms with Crippen LogP contribution >= 0.6 is 0 Å². The van der Waals surface area contributed by atoms with Crippen LogP contribution in [0.25, 0.3) is 0 Å². The van der Waals surface area contributed by atoms with Gasteiger partial charge in [0.05, 0.1) is 0 Å². The highest BCUT2D eigenvalue weighted by Gasteiger charge is 2.27. The minimum Gasteiger partial charge on any atom is -0.370 e. The molecule has 0 fully saturated rings. The highest BCUT2D eigenvalue weighted by molar-refractivity contribution is 5.80. The fourth-order valence-corrected chi connectivity index (χ4v) is 1.64. The van der Waals surface area contributed by atoms with Gasteiger partial charge in [0.1, 0.15) is 0 Å². The van der Waals surface area contributed by atoms with Crippen LogP contribution in [0.1, 0.15) is 58.8 Å². The lowest BCUT2D eigenvalue weighted by Crippen LogP contribution is -2.33. The van der Waals surface area contributed by atoms with E-state index < -0.39 is 0 Å². The van der Waals surface area contributed by atoms with Crippen LogP contribution in [0.15, 0.2) is 0 Å². The predicted molar refractivity (Wildman–Crippen MR) is 64.5 cm³/mol. The zero-order chi connectivity index (χ0) is 12.6. The summed E-state index contributed by atoms with van der Waals surface area (Å²) in [6, 6.07) is 0. The Balaban J connectivity index is 3.64. The van der Waals surface area contributed by atoms with Crippen molar-refractivity contribution in [3.05, 3.63) is 0 Å². The van der Waals surface area contributed by atoms with E-state index in [1.807, 2.05) is 13.8 Å². The lowest BCUT2D eigenvalue weighted by Gasteiger charge is -2.23. The third-order valence-corrected chi connectivity index (χ3v) is 3.28. The van der Waals surface area contributed by atoms with Crippen LogP contribution in [0.2, 0.25) is 0 Å². The average molecular weight is 228 g/mol. The van der Waals surface area contributed by atoms with Gasteiger partial charge in [0.2, 0.25) is 11.8 Å². The molecule has 0 heterocycles. The van der Waals surface area contributed by atoms with E-state index in [1.54, 1.807) is 0 Å². The highest BCUT2D eigenvalue weighted by Crippen LogP contribution is 2.27. The van der Waals surface area contributed by atoms with Gasteiger partial charge in [-0.15, -0.1) is 0 Å². The Morgan fingerprint density at radius 2 is 1.62 bits per heavy atom. The second-order valence-electron chi connectivity index (χ2n) is 4.66. The Morgan fingerprint density at radius 1 is 1.06 bits per heavy atom. The first-order valence-electron chi connectivity index (χ1n) is 6.00. The van der Waals surface area contributed by atoms with E-state index in [0.29, 0.717) is 6.42 Å². The summed E-state index contributed by atoms with van der Waals surface area (Å²) < 4.78 is 0. The third-order valence-electron chi connectivity index (χ3n) is 3.28. The van der Waals surface area contributed by atoms with Crippen molar-refractivity contribution in [1.29, 1.82) is 0 Å². The summed E-state index contributed by atoms with van der Waals surface area (Å²) in [7, 11) is 0. The minimum absolute atomic E-state index is 0.216. The maximum atomic E-state index is 11.2. The Bertz CT molecular complexity index is 241. The van der Waals surface area contributed by atoms with E-state index >= 15 is 0 Å². The Morgan fingerprint density at radius 3 is 2.06 bits per heavy atom. The Hall–Kier alpha value is -1.06. The second-order valence-corrected chi connectivity index (χ2v) is 4.66. The number of rotatable bonds is 9. The smallest absolute Gasteiger partial charge is 0.223 e. The quantitative estimate of drug-likeness (QED) is 0.589. The van der Waals surface area contributed by atoms with E-state index in [4.69, 9.17) is 11.5 Å². The molecule has 0 aliphatic heterocycles. The molecule has 0 radical (unpaired) electrons. The van der Waals surface area contributed by atoms with Gasteiger partial charge in [0.15, 0.2) is 0 Å². The fraction of sp³-hybridized carbons (Fsp3) is 0.833. The molecule has 4 N–H and O–H groups in total. The first-order valence-corrected chi connectivity index (χ1v) is 6.00. The summed E-state index contributed by atoms with van der Waals surface area (Å²) in [5, 5.41) is 0.